The van der Waals surface area contributed by atoms with E-state index in [1.807, 2.05) is 33.1 Å². The van der Waals surface area contributed by atoms with Crippen LogP contribution in [-0.2, 0) is 9.47 Å². The maximum absolute atomic E-state index is 10.5. The van der Waals surface area contributed by atoms with Crippen LogP contribution in [0.15, 0.2) is 4.99 Å². The summed E-state index contributed by atoms with van der Waals surface area (Å²) >= 11 is 0. The maximum Gasteiger partial charge on any atom is 0.261 e. The number of likely N-dealkylation sites (N-methyl/N-ethyl adjacent to an activating group) is 1. The first kappa shape index (κ1) is 14.7. The molecule has 0 amide bonds. The molecule has 0 saturated heterocycles. The third kappa shape index (κ3) is 3.81. The van der Waals surface area contributed by atoms with Gasteiger partial charge in [-0.1, -0.05) is 5.43 Å². The van der Waals surface area contributed by atoms with Crippen molar-refractivity contribution in [2.24, 2.45) is 4.99 Å². The molecular formula is C10H20N4O4. The fraction of sp³-hybridized carbons (Fsp3) is 0.900. The molecule has 0 saturated carbocycles. The molecule has 1 N–H and O–H groups in total. The van der Waals surface area contributed by atoms with E-state index in [1.165, 1.54) is 0 Å². The zero-order chi connectivity index (χ0) is 13.9. The molecule has 8 nitrogen and oxygen atoms in total. The Bertz CT molecular complexity index is 332. The Hall–Kier alpha value is -1.41. The molecule has 0 radical (unpaired) electrons. The van der Waals surface area contributed by atoms with Crippen LogP contribution in [0.25, 0.3) is 0 Å². The lowest BCUT2D eigenvalue weighted by molar-refractivity contribution is -0.526. The Morgan fingerprint density at radius 2 is 1.89 bits per heavy atom. The molecule has 1 heterocycles. The number of nitrogens with one attached hydrogen (secondary N) is 1. The molecule has 0 aliphatic carbocycles. The summed E-state index contributed by atoms with van der Waals surface area (Å²) in [6.45, 7) is 7.53. The van der Waals surface area contributed by atoms with Crippen molar-refractivity contribution in [2.75, 3.05) is 7.05 Å². The molecule has 0 spiro atoms. The first-order valence-electron chi connectivity index (χ1n) is 5.84. The van der Waals surface area contributed by atoms with Crippen LogP contribution in [0, 0.1) is 10.1 Å². The normalized spacial score (nSPS) is 23.7. The number of hydrogen-bond donors (Lipinski definition) is 1. The molecule has 0 bridgehead atoms. The van der Waals surface area contributed by atoms with Crippen LogP contribution in [0.5, 0.6) is 0 Å². The number of nitrogens with zero attached hydrogens (tertiary/aromatic N) is 3. The quantitative estimate of drug-likeness (QED) is 0.574. The predicted molar refractivity (Wildman–Crippen MR) is 65.3 cm³/mol. The summed E-state index contributed by atoms with van der Waals surface area (Å²) in [6, 6.07) is 0. The van der Waals surface area contributed by atoms with Crippen LogP contribution < -0.4 is 5.43 Å². The fourth-order valence-electron chi connectivity index (χ4n) is 1.59. The second kappa shape index (κ2) is 5.96. The van der Waals surface area contributed by atoms with Gasteiger partial charge in [0, 0.05) is 7.05 Å². The van der Waals surface area contributed by atoms with Gasteiger partial charge in [0.05, 0.1) is 12.2 Å². The molecule has 0 fully saturated rings. The molecular weight excluding hydrogens is 240 g/mol. The van der Waals surface area contributed by atoms with Crippen molar-refractivity contribution in [3.63, 3.8) is 0 Å². The van der Waals surface area contributed by atoms with E-state index in [0.717, 1.165) is 0 Å². The van der Waals surface area contributed by atoms with E-state index in [0.29, 0.717) is 0 Å². The highest BCUT2D eigenvalue weighted by Gasteiger charge is 2.38. The number of rotatable bonds is 5. The summed E-state index contributed by atoms with van der Waals surface area (Å²) in [6.07, 6.45) is -1.10. The molecule has 18 heavy (non-hydrogen) atoms. The lowest BCUT2D eigenvalue weighted by Crippen LogP contribution is -2.46. The van der Waals surface area contributed by atoms with Crippen molar-refractivity contribution in [3.8, 4) is 0 Å². The zero-order valence-electron chi connectivity index (χ0n) is 11.3. The second-order valence-corrected chi connectivity index (χ2v) is 4.58. The van der Waals surface area contributed by atoms with Gasteiger partial charge in [0.25, 0.3) is 5.96 Å². The SMILES string of the molecule is CC(C)O[C@@H]1[C@H](OC(C)C)N=C(N[N+](=O)[O-])N1C. The summed E-state index contributed by atoms with van der Waals surface area (Å²) in [5.74, 6) is 0.135. The van der Waals surface area contributed by atoms with Crippen molar-refractivity contribution >= 4 is 5.96 Å². The minimum absolute atomic E-state index is 0.0270. The number of guanidine groups is 1. The van der Waals surface area contributed by atoms with E-state index in [9.17, 15) is 10.1 Å². The smallest absolute Gasteiger partial charge is 0.261 e. The summed E-state index contributed by atoms with van der Waals surface area (Å²) in [4.78, 5) is 16.2. The van der Waals surface area contributed by atoms with Gasteiger partial charge in [-0.05, 0) is 27.7 Å². The van der Waals surface area contributed by atoms with Gasteiger partial charge in [0.1, 0.15) is 0 Å². The summed E-state index contributed by atoms with van der Waals surface area (Å²) in [5, 5.41) is 9.81. The van der Waals surface area contributed by atoms with Crippen LogP contribution in [0.4, 0.5) is 0 Å². The topological polar surface area (TPSA) is 89.2 Å². The van der Waals surface area contributed by atoms with Gasteiger partial charge >= 0.3 is 0 Å². The average Bonchev–Trinajstić information content (AvgIpc) is 2.44. The van der Waals surface area contributed by atoms with Gasteiger partial charge in [-0.2, -0.15) is 0 Å². The Labute approximate surface area is 106 Å². The van der Waals surface area contributed by atoms with E-state index < -0.39 is 17.5 Å². The lowest BCUT2D eigenvalue weighted by atomic mass is 10.4. The summed E-state index contributed by atoms with van der Waals surface area (Å²) in [7, 11) is 1.67. The van der Waals surface area contributed by atoms with Crippen LogP contribution in [0.3, 0.4) is 0 Å². The van der Waals surface area contributed by atoms with Crippen molar-refractivity contribution in [2.45, 2.75) is 52.4 Å². The van der Waals surface area contributed by atoms with E-state index in [4.69, 9.17) is 9.47 Å². The molecule has 0 aromatic rings. The van der Waals surface area contributed by atoms with E-state index in [2.05, 4.69) is 4.99 Å². The highest BCUT2D eigenvalue weighted by Crippen LogP contribution is 2.20. The monoisotopic (exact) mass is 260 g/mol. The van der Waals surface area contributed by atoms with Gasteiger partial charge in [-0.25, -0.2) is 15.1 Å². The fourth-order valence-corrected chi connectivity index (χ4v) is 1.59. The zero-order valence-corrected chi connectivity index (χ0v) is 11.3. The third-order valence-electron chi connectivity index (χ3n) is 2.22. The average molecular weight is 260 g/mol. The molecule has 2 atom stereocenters. The van der Waals surface area contributed by atoms with Crippen LogP contribution in [-0.4, -0.2) is 47.6 Å². The number of nitro groups is 1. The van der Waals surface area contributed by atoms with Crippen molar-refractivity contribution in [3.05, 3.63) is 10.1 Å². The highest BCUT2D eigenvalue weighted by atomic mass is 16.7. The Morgan fingerprint density at radius 1 is 1.33 bits per heavy atom. The molecule has 0 unspecified atom stereocenters. The first-order valence-corrected chi connectivity index (χ1v) is 5.84. The summed E-state index contributed by atoms with van der Waals surface area (Å²) < 4.78 is 11.3. The maximum atomic E-state index is 10.5. The highest BCUT2D eigenvalue weighted by molar-refractivity contribution is 5.80. The lowest BCUT2D eigenvalue weighted by Gasteiger charge is -2.28. The van der Waals surface area contributed by atoms with Gasteiger partial charge in [-0.15, -0.1) is 0 Å². The molecule has 8 heteroatoms. The number of aliphatic imine (C=N–C) groups is 1. The molecule has 1 aliphatic rings. The number of hydrogen-bond acceptors (Lipinski definition) is 6. The van der Waals surface area contributed by atoms with Gasteiger partial charge in [0.15, 0.2) is 17.5 Å². The first-order chi connectivity index (χ1) is 8.31. The Balaban J connectivity index is 2.79. The molecule has 0 aromatic heterocycles. The van der Waals surface area contributed by atoms with Gasteiger partial charge in [-0.3, -0.25) is 0 Å². The van der Waals surface area contributed by atoms with E-state index in [1.54, 1.807) is 11.9 Å². The Kier molecular flexibility index (Phi) is 4.85. The minimum atomic E-state index is -0.653. The Morgan fingerprint density at radius 3 is 2.33 bits per heavy atom. The number of ether oxygens (including phenoxy) is 2. The van der Waals surface area contributed by atoms with Crippen molar-refractivity contribution in [1.82, 2.24) is 10.3 Å². The summed E-state index contributed by atoms with van der Waals surface area (Å²) in [5.41, 5.74) is 2.04. The van der Waals surface area contributed by atoms with Gasteiger partial charge < -0.3 is 14.4 Å². The van der Waals surface area contributed by atoms with Gasteiger partial charge in [0.2, 0.25) is 0 Å². The number of hydrazine groups is 1. The van der Waals surface area contributed by atoms with Crippen molar-refractivity contribution < 1.29 is 14.5 Å². The molecule has 104 valence electrons. The van der Waals surface area contributed by atoms with Crippen molar-refractivity contribution in [1.29, 1.82) is 0 Å². The van der Waals surface area contributed by atoms with Crippen LogP contribution >= 0.6 is 0 Å². The predicted octanol–water partition coefficient (Wildman–Crippen LogP) is 0.571. The van der Waals surface area contributed by atoms with E-state index in [-0.39, 0.29) is 18.2 Å². The van der Waals surface area contributed by atoms with E-state index >= 15 is 0 Å². The molecule has 1 rings (SSSR count). The van der Waals surface area contributed by atoms with Crippen LogP contribution in [0.1, 0.15) is 27.7 Å². The minimum Gasteiger partial charge on any atom is -0.351 e. The standard InChI is InChI=1S/C10H20N4O4/c1-6(2)17-8-9(18-7(3)4)13(5)10(11-8)12-14(15)16/h6-9H,1-5H3,(H,11,12)/t8-,9+/m0/s1. The molecule has 0 aromatic carbocycles. The largest absolute Gasteiger partial charge is 0.351 e. The second-order valence-electron chi connectivity index (χ2n) is 4.58. The van der Waals surface area contributed by atoms with Crippen LogP contribution in [0.2, 0.25) is 0 Å². The third-order valence-corrected chi connectivity index (χ3v) is 2.22. The molecule has 1 aliphatic heterocycles.